The largest absolute Gasteiger partial charge is 0.388 e. The minimum absolute atomic E-state index is 0.0508. The summed E-state index contributed by atoms with van der Waals surface area (Å²) in [4.78, 5) is 41.2. The molecule has 1 saturated heterocycles. The van der Waals surface area contributed by atoms with Gasteiger partial charge in [-0.25, -0.2) is 23.3 Å². The van der Waals surface area contributed by atoms with Gasteiger partial charge in [-0.1, -0.05) is 66.7 Å². The standard InChI is InChI=1S/C37H42N10O7S/c38-55(53,54)26-13-7-12-24(16-26)41-37(52)42-25-14-15-46(19-25)36-44-34(39-18-27(22-8-3-1-4-9-22)23-10-5-2-6-11-23)31-35(45-36)47(21-40-31)29-17-28(32(50)33(29)51)43-30(49)20-48/h1-13,16,21,25,27-29,32-33,48,50-51H,14-15,17-20H2,(H,43,49)(H2,38,53,54)(H,39,44,45)(H2,41,42,52)/t25?,28-,29+,32+,33-/m0/s1. The van der Waals surface area contributed by atoms with Crippen molar-refractivity contribution in [3.8, 4) is 0 Å². The van der Waals surface area contributed by atoms with E-state index in [9.17, 15) is 33.3 Å². The molecular formula is C37H42N10O7S. The van der Waals surface area contributed by atoms with Crippen LogP contribution >= 0.6 is 0 Å². The lowest BCUT2D eigenvalue weighted by Gasteiger charge is -2.22. The number of hydrogen-bond donors (Lipinski definition) is 8. The average molecular weight is 771 g/mol. The van der Waals surface area contributed by atoms with Crippen molar-refractivity contribution in [3.05, 3.63) is 102 Å². The highest BCUT2D eigenvalue weighted by molar-refractivity contribution is 7.89. The van der Waals surface area contributed by atoms with Crippen LogP contribution in [0.4, 0.5) is 22.2 Å². The molecule has 3 amide bonds. The van der Waals surface area contributed by atoms with E-state index in [2.05, 4.69) is 50.5 Å². The Morgan fingerprint density at radius 1 is 0.927 bits per heavy atom. The minimum Gasteiger partial charge on any atom is -0.388 e. The van der Waals surface area contributed by atoms with E-state index in [1.54, 1.807) is 10.6 Å². The monoisotopic (exact) mass is 770 g/mol. The van der Waals surface area contributed by atoms with Crippen LogP contribution in [0.25, 0.3) is 11.2 Å². The molecule has 1 aliphatic heterocycles. The fourth-order valence-electron chi connectivity index (χ4n) is 7.25. The normalized spacial score (nSPS) is 21.2. The van der Waals surface area contributed by atoms with Crippen molar-refractivity contribution in [1.29, 1.82) is 0 Å². The van der Waals surface area contributed by atoms with Crippen LogP contribution in [-0.4, -0.2) is 106 Å². The molecule has 1 saturated carbocycles. The van der Waals surface area contributed by atoms with Crippen LogP contribution in [0.3, 0.4) is 0 Å². The molecule has 2 aromatic heterocycles. The maximum Gasteiger partial charge on any atom is 0.319 e. The third-order valence-electron chi connectivity index (χ3n) is 10.0. The highest BCUT2D eigenvalue weighted by atomic mass is 32.2. The number of carbonyl (C=O) groups is 2. The molecule has 17 nitrogen and oxygen atoms in total. The lowest BCUT2D eigenvalue weighted by atomic mass is 9.91. The average Bonchev–Trinajstić information content (AvgIpc) is 3.90. The molecule has 2 fully saturated rings. The topological polar surface area (TPSA) is 250 Å². The second-order valence-corrected chi connectivity index (χ2v) is 15.2. The number of primary sulfonamides is 1. The zero-order valence-electron chi connectivity index (χ0n) is 29.6. The number of benzene rings is 3. The first-order valence-electron chi connectivity index (χ1n) is 17.8. The number of nitrogens with one attached hydrogen (secondary N) is 4. The summed E-state index contributed by atoms with van der Waals surface area (Å²) >= 11 is 0. The zero-order valence-corrected chi connectivity index (χ0v) is 30.4. The van der Waals surface area contributed by atoms with Crippen molar-refractivity contribution in [3.63, 3.8) is 0 Å². The van der Waals surface area contributed by atoms with Gasteiger partial charge in [-0.2, -0.15) is 9.97 Å². The molecule has 288 valence electrons. The van der Waals surface area contributed by atoms with Gasteiger partial charge in [0.2, 0.25) is 21.9 Å². The summed E-state index contributed by atoms with van der Waals surface area (Å²) in [5, 5.41) is 48.1. The second-order valence-electron chi connectivity index (χ2n) is 13.7. The number of rotatable bonds is 12. The number of fused-ring (bicyclic) bond motifs is 1. The van der Waals surface area contributed by atoms with Crippen LogP contribution in [0.5, 0.6) is 0 Å². The molecule has 3 heterocycles. The van der Waals surface area contributed by atoms with E-state index in [0.29, 0.717) is 49.0 Å². The van der Waals surface area contributed by atoms with E-state index in [1.165, 1.54) is 24.5 Å². The molecular weight excluding hydrogens is 729 g/mol. The Balaban J connectivity index is 1.16. The Morgan fingerprint density at radius 2 is 1.64 bits per heavy atom. The predicted octanol–water partition coefficient (Wildman–Crippen LogP) is 1.26. The quantitative estimate of drug-likeness (QED) is 0.0894. The Labute approximate surface area is 316 Å². The molecule has 0 bridgehead atoms. The van der Waals surface area contributed by atoms with Gasteiger partial charge in [0.15, 0.2) is 17.0 Å². The summed E-state index contributed by atoms with van der Waals surface area (Å²) in [5.41, 5.74) is 3.28. The number of aliphatic hydroxyl groups excluding tert-OH is 3. The van der Waals surface area contributed by atoms with Crippen LogP contribution in [0.15, 0.2) is 96.2 Å². The number of sulfonamides is 1. The number of hydrogen-bond acceptors (Lipinski definition) is 12. The van der Waals surface area contributed by atoms with Crippen LogP contribution in [-0.2, 0) is 14.8 Å². The fourth-order valence-corrected chi connectivity index (χ4v) is 7.81. The Bertz CT molecular complexity index is 2220. The molecule has 1 aliphatic carbocycles. The number of carbonyl (C=O) groups excluding carboxylic acids is 2. The highest BCUT2D eigenvalue weighted by Crippen LogP contribution is 2.35. The second kappa shape index (κ2) is 16.0. The Kier molecular flexibility index (Phi) is 10.9. The number of urea groups is 1. The van der Waals surface area contributed by atoms with Crippen LogP contribution in [0.2, 0.25) is 0 Å². The number of amides is 3. The van der Waals surface area contributed by atoms with E-state index in [1.807, 2.05) is 41.3 Å². The molecule has 55 heavy (non-hydrogen) atoms. The van der Waals surface area contributed by atoms with Gasteiger partial charge in [0.1, 0.15) is 18.8 Å². The van der Waals surface area contributed by atoms with Gasteiger partial charge < -0.3 is 46.1 Å². The minimum atomic E-state index is -3.95. The summed E-state index contributed by atoms with van der Waals surface area (Å²) in [6.07, 6.45) is -0.343. The van der Waals surface area contributed by atoms with E-state index in [4.69, 9.17) is 15.1 Å². The number of nitrogens with two attached hydrogens (primary N) is 1. The number of nitrogens with zero attached hydrogens (tertiary/aromatic N) is 5. The van der Waals surface area contributed by atoms with Crippen molar-refractivity contribution < 1.29 is 33.3 Å². The highest BCUT2D eigenvalue weighted by Gasteiger charge is 2.44. The van der Waals surface area contributed by atoms with Crippen molar-refractivity contribution in [2.24, 2.45) is 5.14 Å². The van der Waals surface area contributed by atoms with Crippen LogP contribution in [0, 0.1) is 0 Å². The Morgan fingerprint density at radius 3 is 2.31 bits per heavy atom. The van der Waals surface area contributed by atoms with Gasteiger partial charge in [-0.05, 0) is 42.2 Å². The third-order valence-corrected chi connectivity index (χ3v) is 10.9. The van der Waals surface area contributed by atoms with Crippen molar-refractivity contribution in [2.75, 3.05) is 41.8 Å². The van der Waals surface area contributed by atoms with Gasteiger partial charge in [0.05, 0.1) is 23.3 Å². The van der Waals surface area contributed by atoms with Crippen LogP contribution in [0.1, 0.15) is 35.9 Å². The number of imidazole rings is 1. The van der Waals surface area contributed by atoms with E-state index in [0.717, 1.165) is 11.1 Å². The third kappa shape index (κ3) is 8.37. The SMILES string of the molecule is NS(=O)(=O)c1cccc(NC(=O)NC2CCN(c3nc(NCC(c4ccccc4)c4ccccc4)c4ncn([C@@H]5C[C@H](NC(=O)CO)[C@@H](O)[C@H]5O)c4n3)C2)c1. The summed E-state index contributed by atoms with van der Waals surface area (Å²) in [7, 11) is -3.95. The fraction of sp³-hybridized carbons (Fsp3) is 0.324. The lowest BCUT2D eigenvalue weighted by molar-refractivity contribution is -0.125. The van der Waals surface area contributed by atoms with Crippen molar-refractivity contribution >= 4 is 50.6 Å². The molecule has 5 aromatic rings. The van der Waals surface area contributed by atoms with Gasteiger partial charge in [0, 0.05) is 37.3 Å². The van der Waals surface area contributed by atoms with E-state index < -0.39 is 52.9 Å². The molecule has 0 radical (unpaired) electrons. The zero-order chi connectivity index (χ0) is 38.7. The number of aliphatic hydroxyl groups is 3. The molecule has 3 aromatic carbocycles. The number of aromatic nitrogens is 4. The first kappa shape index (κ1) is 37.6. The van der Waals surface area contributed by atoms with Crippen molar-refractivity contribution in [1.82, 2.24) is 30.2 Å². The maximum atomic E-state index is 13.0. The van der Waals surface area contributed by atoms with Gasteiger partial charge in [-0.3, -0.25) is 4.79 Å². The molecule has 9 N–H and O–H groups in total. The van der Waals surface area contributed by atoms with E-state index in [-0.39, 0.29) is 29.0 Å². The number of anilines is 3. The van der Waals surface area contributed by atoms with Crippen molar-refractivity contribution in [2.45, 2.75) is 54.0 Å². The molecule has 18 heteroatoms. The van der Waals surface area contributed by atoms with Gasteiger partial charge in [-0.15, -0.1) is 0 Å². The predicted molar refractivity (Wildman–Crippen MR) is 204 cm³/mol. The lowest BCUT2D eigenvalue weighted by Crippen LogP contribution is -2.44. The molecule has 7 rings (SSSR count). The first-order chi connectivity index (χ1) is 26.5. The first-order valence-corrected chi connectivity index (χ1v) is 19.3. The van der Waals surface area contributed by atoms with Gasteiger partial charge in [0.25, 0.3) is 0 Å². The van der Waals surface area contributed by atoms with E-state index >= 15 is 0 Å². The molecule has 0 spiro atoms. The summed E-state index contributed by atoms with van der Waals surface area (Å²) in [5.74, 6) is 0.0667. The molecule has 5 atom stereocenters. The summed E-state index contributed by atoms with van der Waals surface area (Å²) in [6, 6.07) is 23.4. The van der Waals surface area contributed by atoms with Gasteiger partial charge >= 0.3 is 6.03 Å². The Hall–Kier alpha value is -5.66. The summed E-state index contributed by atoms with van der Waals surface area (Å²) in [6.45, 7) is 0.529. The molecule has 1 unspecified atom stereocenters. The molecule has 2 aliphatic rings. The smallest absolute Gasteiger partial charge is 0.319 e. The van der Waals surface area contributed by atoms with Crippen LogP contribution < -0.4 is 31.3 Å². The summed E-state index contributed by atoms with van der Waals surface area (Å²) < 4.78 is 25.2. The maximum absolute atomic E-state index is 13.0.